The van der Waals surface area contributed by atoms with E-state index in [1.807, 2.05) is 0 Å². The molecule has 2 aromatic heterocycles. The number of halogens is 2. The van der Waals surface area contributed by atoms with E-state index in [1.165, 1.54) is 35.6 Å². The van der Waals surface area contributed by atoms with Crippen LogP contribution in [-0.4, -0.2) is 34.2 Å². The molecule has 190 valence electrons. The van der Waals surface area contributed by atoms with Crippen LogP contribution in [0, 0.1) is 11.6 Å². The summed E-state index contributed by atoms with van der Waals surface area (Å²) in [5.74, 6) is -1.24. The zero-order chi connectivity index (χ0) is 25.9. The number of amides is 1. The second-order valence-electron chi connectivity index (χ2n) is 8.49. The number of nitrogens with one attached hydrogen (secondary N) is 1. The van der Waals surface area contributed by atoms with Crippen LogP contribution in [-0.2, 0) is 22.4 Å². The van der Waals surface area contributed by atoms with Crippen molar-refractivity contribution in [2.45, 2.75) is 37.6 Å². The highest BCUT2D eigenvalue weighted by Gasteiger charge is 2.27. The summed E-state index contributed by atoms with van der Waals surface area (Å²) >= 11 is 2.57. The number of nitrogens with zero attached hydrogens (tertiary/aromatic N) is 2. The first kappa shape index (κ1) is 25.3. The maximum absolute atomic E-state index is 14.0. The molecule has 0 fully saturated rings. The monoisotopic (exact) mass is 539 g/mol. The topological polar surface area (TPSA) is 81.2 Å². The van der Waals surface area contributed by atoms with E-state index >= 15 is 0 Å². The Labute approximate surface area is 220 Å². The number of carbonyl (C=O) groups excluding carboxylic acids is 2. The predicted octanol–water partition coefficient (Wildman–Crippen LogP) is 6.42. The Balaban J connectivity index is 1.40. The first-order valence-corrected chi connectivity index (χ1v) is 13.7. The van der Waals surface area contributed by atoms with Gasteiger partial charge in [0.1, 0.15) is 21.7 Å². The Morgan fingerprint density at radius 1 is 1.05 bits per heavy atom. The lowest BCUT2D eigenvalue weighted by atomic mass is 9.95. The van der Waals surface area contributed by atoms with Gasteiger partial charge in [-0.1, -0.05) is 11.8 Å². The molecular weight excluding hydrogens is 516 g/mol. The van der Waals surface area contributed by atoms with Crippen LogP contribution in [0.3, 0.4) is 0 Å². The molecule has 4 aromatic rings. The van der Waals surface area contributed by atoms with Crippen molar-refractivity contribution < 1.29 is 23.1 Å². The number of fused-ring (bicyclic) bond motifs is 2. The molecule has 5 rings (SSSR count). The first-order chi connectivity index (χ1) is 17.9. The summed E-state index contributed by atoms with van der Waals surface area (Å²) in [7, 11) is 0. The van der Waals surface area contributed by atoms with Crippen molar-refractivity contribution in [2.24, 2.45) is 0 Å². The molecule has 2 heterocycles. The van der Waals surface area contributed by atoms with Crippen LogP contribution < -0.4 is 5.32 Å². The smallest absolute Gasteiger partial charge is 0.341 e. The van der Waals surface area contributed by atoms with E-state index < -0.39 is 11.8 Å². The molecule has 0 spiro atoms. The van der Waals surface area contributed by atoms with E-state index in [0.717, 1.165) is 47.9 Å². The number of thioether (sulfide) groups is 1. The minimum absolute atomic E-state index is 0.0175. The Morgan fingerprint density at radius 2 is 1.81 bits per heavy atom. The van der Waals surface area contributed by atoms with Crippen LogP contribution in [0.1, 0.15) is 40.6 Å². The summed E-state index contributed by atoms with van der Waals surface area (Å²) in [4.78, 5) is 35.8. The number of thiophene rings is 1. The minimum Gasteiger partial charge on any atom is -0.462 e. The summed E-state index contributed by atoms with van der Waals surface area (Å²) in [5, 5.41) is 4.29. The van der Waals surface area contributed by atoms with Gasteiger partial charge in [-0.3, -0.25) is 4.79 Å². The molecule has 10 heteroatoms. The maximum atomic E-state index is 14.0. The van der Waals surface area contributed by atoms with Gasteiger partial charge in [0.15, 0.2) is 5.82 Å². The van der Waals surface area contributed by atoms with Gasteiger partial charge in [-0.05, 0) is 80.6 Å². The fourth-order valence-electron chi connectivity index (χ4n) is 4.28. The highest BCUT2D eigenvalue weighted by Crippen LogP contribution is 2.39. The molecular formula is C27H23F2N3O3S2. The third-order valence-corrected chi connectivity index (χ3v) is 8.17. The van der Waals surface area contributed by atoms with E-state index in [4.69, 9.17) is 4.74 Å². The third-order valence-electron chi connectivity index (χ3n) is 5.97. The molecule has 37 heavy (non-hydrogen) atoms. The van der Waals surface area contributed by atoms with Gasteiger partial charge in [0, 0.05) is 15.8 Å². The predicted molar refractivity (Wildman–Crippen MR) is 141 cm³/mol. The van der Waals surface area contributed by atoms with Crippen molar-refractivity contribution in [1.29, 1.82) is 0 Å². The van der Waals surface area contributed by atoms with Crippen molar-refractivity contribution in [1.82, 2.24) is 9.97 Å². The van der Waals surface area contributed by atoms with Gasteiger partial charge < -0.3 is 10.1 Å². The van der Waals surface area contributed by atoms with Crippen molar-refractivity contribution >= 4 is 50.9 Å². The lowest BCUT2D eigenvalue weighted by molar-refractivity contribution is -0.113. The normalized spacial score (nSPS) is 12.8. The fourth-order valence-corrected chi connectivity index (χ4v) is 6.38. The molecule has 0 saturated carbocycles. The van der Waals surface area contributed by atoms with Crippen LogP contribution in [0.5, 0.6) is 0 Å². The van der Waals surface area contributed by atoms with Crippen molar-refractivity contribution in [3.63, 3.8) is 0 Å². The third kappa shape index (κ3) is 5.50. The second-order valence-corrected chi connectivity index (χ2v) is 10.6. The van der Waals surface area contributed by atoms with E-state index in [1.54, 1.807) is 25.1 Å². The molecule has 1 aliphatic rings. The Hall–Kier alpha value is -3.37. The number of anilines is 1. The van der Waals surface area contributed by atoms with Gasteiger partial charge >= 0.3 is 5.97 Å². The van der Waals surface area contributed by atoms with E-state index in [0.29, 0.717) is 37.9 Å². The number of aryl methyl sites for hydroxylation is 1. The summed E-state index contributed by atoms with van der Waals surface area (Å²) in [6, 6.07) is 9.94. The van der Waals surface area contributed by atoms with Crippen molar-refractivity contribution in [2.75, 3.05) is 17.7 Å². The number of rotatable bonds is 7. The van der Waals surface area contributed by atoms with Crippen LogP contribution in [0.25, 0.3) is 22.3 Å². The molecule has 1 aliphatic carbocycles. The molecule has 1 N–H and O–H groups in total. The Bertz CT molecular complexity index is 1490. The Kier molecular flexibility index (Phi) is 7.48. The highest BCUT2D eigenvalue weighted by atomic mass is 32.2. The molecule has 0 atom stereocenters. The Morgan fingerprint density at radius 3 is 2.59 bits per heavy atom. The zero-order valence-electron chi connectivity index (χ0n) is 20.0. The van der Waals surface area contributed by atoms with Gasteiger partial charge in [0.05, 0.1) is 23.4 Å². The quantitative estimate of drug-likeness (QED) is 0.166. The first-order valence-electron chi connectivity index (χ1n) is 11.9. The molecule has 2 aromatic carbocycles. The lowest BCUT2D eigenvalue weighted by Gasteiger charge is -2.12. The summed E-state index contributed by atoms with van der Waals surface area (Å²) in [6.45, 7) is 2.00. The SMILES string of the molecule is CCOC(=O)c1c(NC(=O)CSc2nc(-c3ccc(F)cc3)nc3ccc(F)cc23)sc2c1CCCC2. The van der Waals surface area contributed by atoms with E-state index in [-0.39, 0.29) is 24.1 Å². The molecule has 1 amide bonds. The second kappa shape index (κ2) is 10.9. The number of benzene rings is 2. The number of hydrogen-bond acceptors (Lipinski definition) is 7. The van der Waals surface area contributed by atoms with Gasteiger partial charge in [0.25, 0.3) is 0 Å². The van der Waals surface area contributed by atoms with Gasteiger partial charge in [0.2, 0.25) is 5.91 Å². The van der Waals surface area contributed by atoms with E-state index in [9.17, 15) is 18.4 Å². The average molecular weight is 540 g/mol. The molecule has 0 radical (unpaired) electrons. The molecule has 0 unspecified atom stereocenters. The van der Waals surface area contributed by atoms with Crippen molar-refractivity contribution in [3.8, 4) is 11.4 Å². The van der Waals surface area contributed by atoms with Gasteiger partial charge in [-0.25, -0.2) is 23.5 Å². The zero-order valence-corrected chi connectivity index (χ0v) is 21.6. The number of hydrogen-bond donors (Lipinski definition) is 1. The summed E-state index contributed by atoms with van der Waals surface area (Å²) in [6.07, 6.45) is 3.71. The van der Waals surface area contributed by atoms with Crippen molar-refractivity contribution in [3.05, 3.63) is 70.1 Å². The van der Waals surface area contributed by atoms with Crippen LogP contribution in [0.2, 0.25) is 0 Å². The number of carbonyl (C=O) groups is 2. The summed E-state index contributed by atoms with van der Waals surface area (Å²) in [5.41, 5.74) is 2.53. The fraction of sp³-hybridized carbons (Fsp3) is 0.259. The molecule has 6 nitrogen and oxygen atoms in total. The minimum atomic E-state index is -0.444. The number of ether oxygens (including phenoxy) is 1. The lowest BCUT2D eigenvalue weighted by Crippen LogP contribution is -2.17. The molecule has 0 saturated heterocycles. The van der Waals surface area contributed by atoms with Crippen LogP contribution in [0.4, 0.5) is 13.8 Å². The van der Waals surface area contributed by atoms with Crippen LogP contribution in [0.15, 0.2) is 47.5 Å². The highest BCUT2D eigenvalue weighted by molar-refractivity contribution is 8.00. The van der Waals surface area contributed by atoms with Crippen LogP contribution >= 0.6 is 23.1 Å². The number of esters is 1. The maximum Gasteiger partial charge on any atom is 0.341 e. The number of aromatic nitrogens is 2. The standard InChI is InChI=1S/C27H23F2N3O3S2/c1-2-35-27(34)23-18-5-3-4-6-21(18)37-26(23)31-22(33)14-36-25-19-13-17(29)11-12-20(19)30-24(32-25)15-7-9-16(28)10-8-15/h7-13H,2-6,14H2,1H3,(H,31,33). The molecule has 0 bridgehead atoms. The van der Waals surface area contributed by atoms with Gasteiger partial charge in [-0.2, -0.15) is 0 Å². The molecule has 0 aliphatic heterocycles. The average Bonchev–Trinajstić information content (AvgIpc) is 3.25. The van der Waals surface area contributed by atoms with E-state index in [2.05, 4.69) is 15.3 Å². The van der Waals surface area contributed by atoms with Gasteiger partial charge in [-0.15, -0.1) is 11.3 Å². The largest absolute Gasteiger partial charge is 0.462 e. The summed E-state index contributed by atoms with van der Waals surface area (Å²) < 4.78 is 32.7.